The van der Waals surface area contributed by atoms with Gasteiger partial charge in [-0.1, -0.05) is 11.6 Å². The molecule has 2 rings (SSSR count). The van der Waals surface area contributed by atoms with Gasteiger partial charge in [-0.15, -0.1) is 11.8 Å². The van der Waals surface area contributed by atoms with E-state index >= 15 is 0 Å². The van der Waals surface area contributed by atoms with E-state index in [-0.39, 0.29) is 16.5 Å². The second kappa shape index (κ2) is 10.1. The van der Waals surface area contributed by atoms with Gasteiger partial charge >= 0.3 is 5.97 Å². The van der Waals surface area contributed by atoms with Crippen LogP contribution in [-0.4, -0.2) is 38.5 Å². The van der Waals surface area contributed by atoms with Gasteiger partial charge in [-0.3, -0.25) is 9.59 Å². The highest BCUT2D eigenvalue weighted by atomic mass is 35.5. The van der Waals surface area contributed by atoms with E-state index in [1.807, 2.05) is 0 Å². The van der Waals surface area contributed by atoms with E-state index in [1.165, 1.54) is 32.4 Å². The summed E-state index contributed by atoms with van der Waals surface area (Å²) < 4.78 is 41.1. The maximum absolute atomic E-state index is 13.1. The highest BCUT2D eigenvalue weighted by Gasteiger charge is 2.14. The van der Waals surface area contributed by atoms with Crippen molar-refractivity contribution in [3.05, 3.63) is 47.0 Å². The first kappa shape index (κ1) is 21.8. The van der Waals surface area contributed by atoms with Crippen LogP contribution in [0, 0.1) is 11.6 Å². The Hall–Kier alpha value is -2.52. The Kier molecular flexibility index (Phi) is 7.89. The van der Waals surface area contributed by atoms with Crippen molar-refractivity contribution < 1.29 is 32.6 Å². The molecule has 0 saturated carbocycles. The molecule has 0 fully saturated rings. The molecule has 0 aromatic heterocycles. The fourth-order valence-corrected chi connectivity index (χ4v) is 3.00. The number of carbonyl (C=O) groups excluding carboxylic acids is 2. The third kappa shape index (κ3) is 6.00. The number of thioether (sulfide) groups is 1. The van der Waals surface area contributed by atoms with Gasteiger partial charge in [0, 0.05) is 11.0 Å². The molecule has 0 aliphatic carbocycles. The highest BCUT2D eigenvalue weighted by molar-refractivity contribution is 8.00. The van der Waals surface area contributed by atoms with E-state index in [0.29, 0.717) is 16.4 Å². The molecule has 1 amide bonds. The summed E-state index contributed by atoms with van der Waals surface area (Å²) in [6, 6.07) is 6.21. The number of esters is 1. The van der Waals surface area contributed by atoms with E-state index in [2.05, 4.69) is 5.32 Å². The first-order chi connectivity index (χ1) is 13.3. The summed E-state index contributed by atoms with van der Waals surface area (Å²) in [6.45, 7) is -0.538. The quantitative estimate of drug-likeness (QED) is 0.504. The molecule has 0 saturated heterocycles. The van der Waals surface area contributed by atoms with Crippen molar-refractivity contribution in [1.82, 2.24) is 0 Å². The molecule has 0 unspecified atom stereocenters. The molecule has 6 nitrogen and oxygen atoms in total. The summed E-state index contributed by atoms with van der Waals surface area (Å²) in [4.78, 5) is 24.1. The molecule has 10 heteroatoms. The Balaban J connectivity index is 1.85. The van der Waals surface area contributed by atoms with Crippen molar-refractivity contribution in [3.8, 4) is 11.5 Å². The first-order valence-corrected chi connectivity index (χ1v) is 9.15. The molecule has 0 aliphatic rings. The summed E-state index contributed by atoms with van der Waals surface area (Å²) in [6.07, 6.45) is 0. The van der Waals surface area contributed by atoms with E-state index in [0.717, 1.165) is 23.9 Å². The van der Waals surface area contributed by atoms with Crippen molar-refractivity contribution >= 4 is 40.9 Å². The standard InChI is InChI=1S/C18H16ClF2NO5S/c1-25-15-7-16(26-2)14(6-11(15)19)22-17(23)8-27-18(24)9-28-10-3-4-12(20)13(21)5-10/h3-7H,8-9H2,1-2H3,(H,22,23). The predicted molar refractivity (Wildman–Crippen MR) is 101 cm³/mol. The van der Waals surface area contributed by atoms with Gasteiger partial charge < -0.3 is 19.5 Å². The number of anilines is 1. The minimum atomic E-state index is -1.01. The Bertz CT molecular complexity index is 881. The monoisotopic (exact) mass is 431 g/mol. The van der Waals surface area contributed by atoms with Crippen LogP contribution >= 0.6 is 23.4 Å². The van der Waals surface area contributed by atoms with Crippen LogP contribution in [0.15, 0.2) is 35.2 Å². The zero-order valence-electron chi connectivity index (χ0n) is 14.9. The van der Waals surface area contributed by atoms with Gasteiger partial charge in [-0.2, -0.15) is 0 Å². The van der Waals surface area contributed by atoms with E-state index < -0.39 is 30.1 Å². The van der Waals surface area contributed by atoms with Crippen LogP contribution in [0.25, 0.3) is 0 Å². The molecule has 0 aliphatic heterocycles. The number of methoxy groups -OCH3 is 2. The SMILES string of the molecule is COc1cc(OC)c(NC(=O)COC(=O)CSc2ccc(F)c(F)c2)cc1Cl. The third-order valence-electron chi connectivity index (χ3n) is 3.36. The van der Waals surface area contributed by atoms with Gasteiger partial charge in [0.25, 0.3) is 5.91 Å². The topological polar surface area (TPSA) is 73.9 Å². The lowest BCUT2D eigenvalue weighted by atomic mass is 10.2. The lowest BCUT2D eigenvalue weighted by Crippen LogP contribution is -2.22. The number of nitrogens with one attached hydrogen (secondary N) is 1. The maximum Gasteiger partial charge on any atom is 0.316 e. The van der Waals surface area contributed by atoms with Gasteiger partial charge in [0.15, 0.2) is 18.2 Å². The van der Waals surface area contributed by atoms with Gasteiger partial charge in [-0.05, 0) is 24.3 Å². The normalized spacial score (nSPS) is 10.3. The van der Waals surface area contributed by atoms with E-state index in [1.54, 1.807) is 0 Å². The third-order valence-corrected chi connectivity index (χ3v) is 4.62. The predicted octanol–water partition coefficient (Wildman–Crippen LogP) is 3.91. The van der Waals surface area contributed by atoms with Crippen LogP contribution in [0.5, 0.6) is 11.5 Å². The number of hydrogen-bond acceptors (Lipinski definition) is 6. The van der Waals surface area contributed by atoms with E-state index in [9.17, 15) is 18.4 Å². The van der Waals surface area contributed by atoms with Gasteiger partial charge in [0.05, 0.1) is 30.7 Å². The molecule has 2 aromatic rings. The smallest absolute Gasteiger partial charge is 0.316 e. The van der Waals surface area contributed by atoms with Gasteiger partial charge in [0.2, 0.25) is 0 Å². The number of amides is 1. The average Bonchev–Trinajstić information content (AvgIpc) is 2.67. The van der Waals surface area contributed by atoms with Crippen molar-refractivity contribution in [3.63, 3.8) is 0 Å². The lowest BCUT2D eigenvalue weighted by Gasteiger charge is -2.13. The first-order valence-electron chi connectivity index (χ1n) is 7.79. The molecule has 0 spiro atoms. The summed E-state index contributed by atoms with van der Waals surface area (Å²) in [5.41, 5.74) is 0.283. The Morgan fingerprint density at radius 2 is 1.79 bits per heavy atom. The zero-order valence-corrected chi connectivity index (χ0v) is 16.5. The summed E-state index contributed by atoms with van der Waals surface area (Å²) in [5, 5.41) is 2.78. The maximum atomic E-state index is 13.1. The zero-order chi connectivity index (χ0) is 20.7. The van der Waals surface area contributed by atoms with Gasteiger partial charge in [-0.25, -0.2) is 8.78 Å². The number of carbonyl (C=O) groups is 2. The number of halogens is 3. The molecular weight excluding hydrogens is 416 g/mol. The number of ether oxygens (including phenoxy) is 3. The van der Waals surface area contributed by atoms with Crippen molar-refractivity contribution in [1.29, 1.82) is 0 Å². The average molecular weight is 432 g/mol. The molecule has 0 bridgehead atoms. The minimum absolute atomic E-state index is 0.171. The second-order valence-corrected chi connectivity index (χ2v) is 6.72. The van der Waals surface area contributed by atoms with Crippen LogP contribution in [0.4, 0.5) is 14.5 Å². The number of rotatable bonds is 8. The Morgan fingerprint density at radius 3 is 2.43 bits per heavy atom. The lowest BCUT2D eigenvalue weighted by molar-refractivity contribution is -0.144. The minimum Gasteiger partial charge on any atom is -0.495 e. The van der Waals surface area contributed by atoms with E-state index in [4.69, 9.17) is 25.8 Å². The van der Waals surface area contributed by atoms with Gasteiger partial charge in [0.1, 0.15) is 11.5 Å². The molecular formula is C18H16ClF2NO5S. The van der Waals surface area contributed by atoms with Crippen LogP contribution < -0.4 is 14.8 Å². The highest BCUT2D eigenvalue weighted by Crippen LogP contribution is 2.35. The molecule has 28 heavy (non-hydrogen) atoms. The largest absolute Gasteiger partial charge is 0.495 e. The second-order valence-electron chi connectivity index (χ2n) is 5.26. The summed E-state index contributed by atoms with van der Waals surface area (Å²) in [5.74, 6) is -2.76. The molecule has 0 atom stereocenters. The fraction of sp³-hybridized carbons (Fsp3) is 0.222. The molecule has 2 aromatic carbocycles. The molecule has 0 heterocycles. The molecule has 0 radical (unpaired) electrons. The number of benzene rings is 2. The summed E-state index contributed by atoms with van der Waals surface area (Å²) >= 11 is 6.97. The number of hydrogen-bond donors (Lipinski definition) is 1. The Labute approximate surface area is 169 Å². The molecule has 150 valence electrons. The van der Waals surface area contributed by atoms with Crippen LogP contribution in [0.2, 0.25) is 5.02 Å². The van der Waals surface area contributed by atoms with Crippen molar-refractivity contribution in [2.45, 2.75) is 4.90 Å². The molecule has 1 N–H and O–H groups in total. The summed E-state index contributed by atoms with van der Waals surface area (Å²) in [7, 11) is 2.85. The van der Waals surface area contributed by atoms with Crippen LogP contribution in [0.1, 0.15) is 0 Å². The van der Waals surface area contributed by atoms with Crippen molar-refractivity contribution in [2.24, 2.45) is 0 Å². The van der Waals surface area contributed by atoms with Crippen LogP contribution in [0.3, 0.4) is 0 Å². The van der Waals surface area contributed by atoms with Crippen LogP contribution in [-0.2, 0) is 14.3 Å². The van der Waals surface area contributed by atoms with Crippen molar-refractivity contribution in [2.75, 3.05) is 31.9 Å². The Morgan fingerprint density at radius 1 is 1.07 bits per heavy atom. The fourth-order valence-electron chi connectivity index (χ4n) is 2.04.